The zero-order chi connectivity index (χ0) is 33.3. The molecule has 3 nitrogen and oxygen atoms in total. The Bertz CT molecular complexity index is 2870. The molecule has 0 spiro atoms. The smallest absolute Gasteiger partial charge is 0.0679 e. The molecule has 0 bridgehead atoms. The molecule has 0 unspecified atom stereocenters. The van der Waals surface area contributed by atoms with Crippen LogP contribution in [-0.4, -0.2) is 14.3 Å². The molecule has 50 heavy (non-hydrogen) atoms. The normalized spacial score (nSPS) is 11.8. The molecule has 10 aromatic rings. The maximum Gasteiger partial charge on any atom is 0.0679 e. The highest BCUT2D eigenvalue weighted by Crippen LogP contribution is 2.47. The Labute approximate surface area is 290 Å². The number of hydrogen-bond acceptors (Lipinski definition) is 1. The van der Waals surface area contributed by atoms with Crippen LogP contribution in [0.4, 0.5) is 0 Å². The van der Waals surface area contributed by atoms with Gasteiger partial charge in [-0.05, 0) is 88.3 Å². The van der Waals surface area contributed by atoms with Gasteiger partial charge < -0.3 is 4.57 Å². The van der Waals surface area contributed by atoms with Crippen LogP contribution >= 0.6 is 0 Å². The van der Waals surface area contributed by atoms with Crippen molar-refractivity contribution < 1.29 is 0 Å². The summed E-state index contributed by atoms with van der Waals surface area (Å²) < 4.78 is 4.52. The molecule has 10 rings (SSSR count). The van der Waals surface area contributed by atoms with Crippen molar-refractivity contribution in [2.45, 2.75) is 13.8 Å². The molecule has 0 atom stereocenters. The molecule has 0 aliphatic heterocycles. The summed E-state index contributed by atoms with van der Waals surface area (Å²) in [6.07, 6.45) is 0. The quantitative estimate of drug-likeness (QED) is 0.176. The van der Waals surface area contributed by atoms with Crippen LogP contribution in [0.1, 0.15) is 11.4 Å². The van der Waals surface area contributed by atoms with Gasteiger partial charge in [-0.25, -0.2) is 4.68 Å². The van der Waals surface area contributed by atoms with Crippen molar-refractivity contribution in [1.82, 2.24) is 14.3 Å². The van der Waals surface area contributed by atoms with E-state index in [0.29, 0.717) is 0 Å². The first-order valence-electron chi connectivity index (χ1n) is 17.2. The molecule has 0 saturated heterocycles. The Hall–Kier alpha value is -6.45. The zero-order valence-corrected chi connectivity index (χ0v) is 27.9. The highest BCUT2D eigenvalue weighted by atomic mass is 15.3. The second-order valence-corrected chi connectivity index (χ2v) is 13.2. The van der Waals surface area contributed by atoms with Gasteiger partial charge in [0.15, 0.2) is 0 Å². The van der Waals surface area contributed by atoms with E-state index in [-0.39, 0.29) is 0 Å². The van der Waals surface area contributed by atoms with Crippen LogP contribution in [0.3, 0.4) is 0 Å². The van der Waals surface area contributed by atoms with Gasteiger partial charge >= 0.3 is 0 Å². The van der Waals surface area contributed by atoms with Gasteiger partial charge in [-0.2, -0.15) is 5.10 Å². The summed E-state index contributed by atoms with van der Waals surface area (Å²) in [6.45, 7) is 4.33. The second kappa shape index (κ2) is 11.0. The minimum Gasteiger partial charge on any atom is -0.309 e. The summed E-state index contributed by atoms with van der Waals surface area (Å²) in [7, 11) is 0. The summed E-state index contributed by atoms with van der Waals surface area (Å²) in [5.74, 6) is 0. The Morgan fingerprint density at radius 2 is 0.980 bits per heavy atom. The van der Waals surface area contributed by atoms with Crippen LogP contribution in [0.2, 0.25) is 0 Å². The SMILES string of the molecule is Cc1nn(-c2ccccc2)c(C)c1-c1c2ccccc2c(-c2ccc3c(c2)c2ccc4ccccc4c2n3-c2ccccc2)c2ccccc12. The van der Waals surface area contributed by atoms with E-state index >= 15 is 0 Å². The van der Waals surface area contributed by atoms with Crippen molar-refractivity contribution in [2.75, 3.05) is 0 Å². The number of rotatable bonds is 4. The lowest BCUT2D eigenvalue weighted by Gasteiger charge is -2.18. The van der Waals surface area contributed by atoms with Gasteiger partial charge in [0.25, 0.3) is 0 Å². The number of benzene rings is 8. The van der Waals surface area contributed by atoms with Crippen molar-refractivity contribution in [1.29, 1.82) is 0 Å². The van der Waals surface area contributed by atoms with Crippen LogP contribution in [0.15, 0.2) is 164 Å². The van der Waals surface area contributed by atoms with Crippen molar-refractivity contribution >= 4 is 54.1 Å². The first-order chi connectivity index (χ1) is 24.7. The summed E-state index contributed by atoms with van der Waals surface area (Å²) in [5.41, 5.74) is 11.8. The zero-order valence-electron chi connectivity index (χ0n) is 27.9. The Kier molecular flexibility index (Phi) is 6.31. The summed E-state index contributed by atoms with van der Waals surface area (Å²) in [4.78, 5) is 0. The molecule has 0 radical (unpaired) electrons. The van der Waals surface area contributed by atoms with Crippen molar-refractivity contribution in [3.05, 3.63) is 175 Å². The van der Waals surface area contributed by atoms with Crippen molar-refractivity contribution in [3.63, 3.8) is 0 Å². The fraction of sp³-hybridized carbons (Fsp3) is 0.0426. The van der Waals surface area contributed by atoms with E-state index < -0.39 is 0 Å². The molecule has 0 saturated carbocycles. The van der Waals surface area contributed by atoms with Gasteiger partial charge in [-0.1, -0.05) is 127 Å². The third-order valence-corrected chi connectivity index (χ3v) is 10.4. The van der Waals surface area contributed by atoms with Gasteiger partial charge in [0, 0.05) is 38.7 Å². The predicted molar refractivity (Wildman–Crippen MR) is 211 cm³/mol. The van der Waals surface area contributed by atoms with E-state index in [9.17, 15) is 0 Å². The molecular weight excluding hydrogens is 607 g/mol. The molecular formula is C47H33N3. The molecule has 0 N–H and O–H groups in total. The predicted octanol–water partition coefficient (Wildman–Crippen LogP) is 12.4. The average molecular weight is 640 g/mol. The lowest BCUT2D eigenvalue weighted by Crippen LogP contribution is -1.98. The summed E-state index contributed by atoms with van der Waals surface area (Å²) in [5, 5.41) is 15.0. The second-order valence-electron chi connectivity index (χ2n) is 13.2. The number of para-hydroxylation sites is 2. The monoisotopic (exact) mass is 639 g/mol. The molecule has 0 amide bonds. The number of aryl methyl sites for hydroxylation is 1. The van der Waals surface area contributed by atoms with Crippen LogP contribution in [0.25, 0.3) is 87.8 Å². The van der Waals surface area contributed by atoms with Gasteiger partial charge in [0.05, 0.1) is 22.4 Å². The topological polar surface area (TPSA) is 22.8 Å². The lowest BCUT2D eigenvalue weighted by atomic mass is 9.85. The largest absolute Gasteiger partial charge is 0.309 e. The van der Waals surface area contributed by atoms with E-state index in [4.69, 9.17) is 5.10 Å². The van der Waals surface area contributed by atoms with Crippen molar-refractivity contribution in [2.24, 2.45) is 0 Å². The molecule has 2 heterocycles. The standard InChI is InChI=1S/C47H33N3/c1-30-44(31(2)50(48-30)35-18-7-4-8-19-35)46-39-23-13-11-21-37(39)45(38-22-12-14-24-40(38)46)33-26-28-43-42(29-33)41-27-25-32-15-9-10-20-36(32)47(41)49(43)34-16-5-3-6-17-34/h3-29H,1-2H3. The Balaban J connectivity index is 1.29. The molecule has 0 aliphatic carbocycles. The Morgan fingerprint density at radius 3 is 1.64 bits per heavy atom. The van der Waals surface area contributed by atoms with Crippen LogP contribution in [0.5, 0.6) is 0 Å². The Morgan fingerprint density at radius 1 is 0.420 bits per heavy atom. The minimum absolute atomic E-state index is 1.02. The number of fused-ring (bicyclic) bond motifs is 7. The van der Waals surface area contributed by atoms with Crippen molar-refractivity contribution in [3.8, 4) is 33.6 Å². The lowest BCUT2D eigenvalue weighted by molar-refractivity contribution is 0.834. The third-order valence-electron chi connectivity index (χ3n) is 10.4. The highest BCUT2D eigenvalue weighted by molar-refractivity contribution is 6.24. The van der Waals surface area contributed by atoms with Crippen LogP contribution < -0.4 is 0 Å². The van der Waals surface area contributed by atoms with E-state index in [1.54, 1.807) is 0 Å². The molecule has 2 aromatic heterocycles. The van der Waals surface area contributed by atoms with E-state index in [2.05, 4.69) is 187 Å². The average Bonchev–Trinajstić information content (AvgIpc) is 3.67. The summed E-state index contributed by atoms with van der Waals surface area (Å²) in [6, 6.07) is 59.4. The number of hydrogen-bond donors (Lipinski definition) is 0. The first kappa shape index (κ1) is 28.6. The molecule has 236 valence electrons. The fourth-order valence-corrected chi connectivity index (χ4v) is 8.32. The van der Waals surface area contributed by atoms with Crippen LogP contribution in [0, 0.1) is 13.8 Å². The molecule has 8 aromatic carbocycles. The van der Waals surface area contributed by atoms with Gasteiger partial charge in [0.2, 0.25) is 0 Å². The molecule has 0 aliphatic rings. The van der Waals surface area contributed by atoms with Gasteiger partial charge in [0.1, 0.15) is 0 Å². The molecule has 3 heteroatoms. The number of aromatic nitrogens is 3. The van der Waals surface area contributed by atoms with Gasteiger partial charge in [-0.15, -0.1) is 0 Å². The first-order valence-corrected chi connectivity index (χ1v) is 17.2. The van der Waals surface area contributed by atoms with Gasteiger partial charge in [-0.3, -0.25) is 0 Å². The fourth-order valence-electron chi connectivity index (χ4n) is 8.32. The van der Waals surface area contributed by atoms with E-state index in [1.807, 2.05) is 0 Å². The van der Waals surface area contributed by atoms with E-state index in [0.717, 1.165) is 17.1 Å². The maximum atomic E-state index is 5.08. The third kappa shape index (κ3) is 4.13. The highest BCUT2D eigenvalue weighted by Gasteiger charge is 2.23. The minimum atomic E-state index is 1.02. The van der Waals surface area contributed by atoms with E-state index in [1.165, 1.54) is 82.1 Å². The summed E-state index contributed by atoms with van der Waals surface area (Å²) >= 11 is 0. The molecule has 0 fully saturated rings. The van der Waals surface area contributed by atoms with Crippen LogP contribution in [-0.2, 0) is 0 Å². The maximum absolute atomic E-state index is 5.08. The number of nitrogens with zero attached hydrogens (tertiary/aromatic N) is 3.